The van der Waals surface area contributed by atoms with Gasteiger partial charge in [0.1, 0.15) is 6.10 Å². The highest BCUT2D eigenvalue weighted by Crippen LogP contribution is 2.28. The summed E-state index contributed by atoms with van der Waals surface area (Å²) < 4.78 is 5.40. The lowest BCUT2D eigenvalue weighted by molar-refractivity contribution is 0.00401. The minimum Gasteiger partial charge on any atom is -0.446 e. The van der Waals surface area contributed by atoms with Crippen LogP contribution < -0.4 is 0 Å². The molecule has 0 radical (unpaired) electrons. The largest absolute Gasteiger partial charge is 0.446 e. The fraction of sp³-hybridized carbons (Fsp3) is 0.350. The molecule has 3 rings (SSSR count). The van der Waals surface area contributed by atoms with E-state index in [1.807, 2.05) is 25.1 Å². The highest BCUT2D eigenvalue weighted by atomic mass is 16.6. The van der Waals surface area contributed by atoms with Crippen LogP contribution in [0.4, 0.5) is 4.79 Å². The van der Waals surface area contributed by atoms with Gasteiger partial charge < -0.3 is 14.7 Å². The van der Waals surface area contributed by atoms with Crippen molar-refractivity contribution < 1.29 is 14.6 Å². The Morgan fingerprint density at radius 3 is 2.42 bits per heavy atom. The van der Waals surface area contributed by atoms with Gasteiger partial charge in [-0.3, -0.25) is 0 Å². The molecule has 1 N–H and O–H groups in total. The topological polar surface area (TPSA) is 49.8 Å². The van der Waals surface area contributed by atoms with Gasteiger partial charge in [-0.15, -0.1) is 0 Å². The molecule has 0 aliphatic carbocycles. The normalized spacial score (nSPS) is 19.0. The average Bonchev–Trinajstić information content (AvgIpc) is 2.62. The van der Waals surface area contributed by atoms with Crippen LogP contribution in [0.1, 0.15) is 31.4 Å². The highest BCUT2D eigenvalue weighted by Gasteiger charge is 2.30. The van der Waals surface area contributed by atoms with Crippen molar-refractivity contribution in [2.24, 2.45) is 0 Å². The van der Waals surface area contributed by atoms with Crippen LogP contribution in [-0.2, 0) is 4.74 Å². The number of cyclic esters (lactones) is 1. The van der Waals surface area contributed by atoms with Crippen LogP contribution in [0, 0.1) is 0 Å². The molecule has 2 aromatic carbocycles. The quantitative estimate of drug-likeness (QED) is 0.903. The maximum absolute atomic E-state index is 12.2. The molecule has 1 aliphatic heterocycles. The van der Waals surface area contributed by atoms with Crippen LogP contribution in [0.2, 0.25) is 0 Å². The fourth-order valence-electron chi connectivity index (χ4n) is 3.11. The number of benzene rings is 2. The Morgan fingerprint density at radius 2 is 1.79 bits per heavy atom. The third-order valence-electron chi connectivity index (χ3n) is 4.61. The summed E-state index contributed by atoms with van der Waals surface area (Å²) in [5.74, 6) is 0. The van der Waals surface area contributed by atoms with Crippen LogP contribution in [-0.4, -0.2) is 35.4 Å². The summed E-state index contributed by atoms with van der Waals surface area (Å²) in [5.41, 5.74) is 3.43. The smallest absolute Gasteiger partial charge is 0.410 e. The Balaban J connectivity index is 1.69. The van der Waals surface area contributed by atoms with Crippen molar-refractivity contribution in [2.75, 3.05) is 13.2 Å². The lowest BCUT2D eigenvalue weighted by atomic mass is 10.0. The van der Waals surface area contributed by atoms with Crippen LogP contribution >= 0.6 is 0 Å². The molecule has 1 aliphatic rings. The minimum atomic E-state index is -0.292. The van der Waals surface area contributed by atoms with E-state index < -0.39 is 0 Å². The molecule has 24 heavy (non-hydrogen) atoms. The van der Waals surface area contributed by atoms with E-state index >= 15 is 0 Å². The number of carbonyl (C=O) groups excluding carboxylic acids is 1. The monoisotopic (exact) mass is 325 g/mol. The number of hydrogen-bond donors (Lipinski definition) is 1. The Hall–Kier alpha value is -2.33. The van der Waals surface area contributed by atoms with Crippen LogP contribution in [0.15, 0.2) is 54.6 Å². The maximum Gasteiger partial charge on any atom is 0.410 e. The van der Waals surface area contributed by atoms with Crippen molar-refractivity contribution in [1.29, 1.82) is 0 Å². The van der Waals surface area contributed by atoms with Crippen molar-refractivity contribution in [3.8, 4) is 11.1 Å². The second-order valence-corrected chi connectivity index (χ2v) is 6.16. The lowest BCUT2D eigenvalue weighted by Crippen LogP contribution is -2.43. The summed E-state index contributed by atoms with van der Waals surface area (Å²) in [7, 11) is 0. The van der Waals surface area contributed by atoms with E-state index in [-0.39, 0.29) is 24.8 Å². The molecule has 1 saturated heterocycles. The van der Waals surface area contributed by atoms with E-state index in [9.17, 15) is 4.79 Å². The van der Waals surface area contributed by atoms with Crippen LogP contribution in [0.3, 0.4) is 0 Å². The maximum atomic E-state index is 12.2. The van der Waals surface area contributed by atoms with Gasteiger partial charge in [-0.25, -0.2) is 4.79 Å². The Kier molecular flexibility index (Phi) is 5.16. The van der Waals surface area contributed by atoms with Crippen molar-refractivity contribution in [1.82, 2.24) is 4.90 Å². The number of carbonyl (C=O) groups is 1. The molecular formula is C20H23NO3. The number of ether oxygens (including phenoxy) is 1. The highest BCUT2D eigenvalue weighted by molar-refractivity contribution is 5.69. The van der Waals surface area contributed by atoms with Crippen molar-refractivity contribution in [2.45, 2.75) is 31.9 Å². The lowest BCUT2D eigenvalue weighted by Gasteiger charge is -2.35. The molecular weight excluding hydrogens is 302 g/mol. The first kappa shape index (κ1) is 16.5. The first-order valence-corrected chi connectivity index (χ1v) is 8.42. The van der Waals surface area contributed by atoms with Crippen LogP contribution in [0.5, 0.6) is 0 Å². The van der Waals surface area contributed by atoms with Gasteiger partial charge in [0.25, 0.3) is 0 Å². The zero-order valence-corrected chi connectivity index (χ0v) is 13.9. The van der Waals surface area contributed by atoms with Gasteiger partial charge in [0.2, 0.25) is 0 Å². The van der Waals surface area contributed by atoms with Gasteiger partial charge in [-0.05, 0) is 23.6 Å². The van der Waals surface area contributed by atoms with E-state index in [0.717, 1.165) is 17.5 Å². The standard InChI is InChI=1S/C20H23NO3/c1-15(21-13-11-19(12-14-22)24-20(21)23)16-7-9-18(10-8-16)17-5-3-2-4-6-17/h2-10,15,19,22H,11-14H2,1H3. The third kappa shape index (κ3) is 3.60. The molecule has 1 heterocycles. The predicted molar refractivity (Wildman–Crippen MR) is 93.6 cm³/mol. The Labute approximate surface area is 142 Å². The molecule has 0 saturated carbocycles. The molecule has 1 amide bonds. The molecule has 126 valence electrons. The fourth-order valence-corrected chi connectivity index (χ4v) is 3.11. The number of nitrogens with zero attached hydrogens (tertiary/aromatic N) is 1. The van der Waals surface area contributed by atoms with Gasteiger partial charge >= 0.3 is 6.09 Å². The average molecular weight is 325 g/mol. The molecule has 0 spiro atoms. The van der Waals surface area contributed by atoms with Gasteiger partial charge in [0, 0.05) is 26.0 Å². The first-order valence-electron chi connectivity index (χ1n) is 8.42. The summed E-state index contributed by atoms with van der Waals surface area (Å²) in [5, 5.41) is 8.97. The van der Waals surface area contributed by atoms with E-state index in [0.29, 0.717) is 13.0 Å². The summed E-state index contributed by atoms with van der Waals surface area (Å²) in [4.78, 5) is 14.0. The van der Waals surface area contributed by atoms with Crippen molar-refractivity contribution >= 4 is 6.09 Å². The molecule has 4 heteroatoms. The molecule has 2 atom stereocenters. The molecule has 2 unspecified atom stereocenters. The summed E-state index contributed by atoms with van der Waals surface area (Å²) in [6.45, 7) is 2.73. The van der Waals surface area contributed by atoms with E-state index in [1.54, 1.807) is 4.90 Å². The number of aliphatic hydroxyl groups excluding tert-OH is 1. The minimum absolute atomic E-state index is 0.0302. The molecule has 1 fully saturated rings. The number of rotatable bonds is 5. The molecule has 0 aromatic heterocycles. The van der Waals surface area contributed by atoms with Crippen molar-refractivity contribution in [3.63, 3.8) is 0 Å². The number of hydrogen-bond acceptors (Lipinski definition) is 3. The SMILES string of the molecule is CC(c1ccc(-c2ccccc2)cc1)N1CCC(CCO)OC1=O. The zero-order chi connectivity index (χ0) is 16.9. The van der Waals surface area contributed by atoms with E-state index in [4.69, 9.17) is 9.84 Å². The van der Waals surface area contributed by atoms with Crippen LogP contribution in [0.25, 0.3) is 11.1 Å². The van der Waals surface area contributed by atoms with Crippen molar-refractivity contribution in [3.05, 3.63) is 60.2 Å². The number of amides is 1. The zero-order valence-electron chi connectivity index (χ0n) is 13.9. The van der Waals surface area contributed by atoms with Gasteiger partial charge in [-0.1, -0.05) is 54.6 Å². The summed E-state index contributed by atoms with van der Waals surface area (Å²) in [6.07, 6.45) is 0.823. The Morgan fingerprint density at radius 1 is 1.12 bits per heavy atom. The second kappa shape index (κ2) is 7.49. The third-order valence-corrected chi connectivity index (χ3v) is 4.61. The van der Waals surface area contributed by atoms with Gasteiger partial charge in [0.05, 0.1) is 6.04 Å². The van der Waals surface area contributed by atoms with Gasteiger partial charge in [0.15, 0.2) is 0 Å². The van der Waals surface area contributed by atoms with Gasteiger partial charge in [-0.2, -0.15) is 0 Å². The Bertz CT molecular complexity index is 669. The van der Waals surface area contributed by atoms with E-state index in [1.165, 1.54) is 5.56 Å². The molecule has 2 aromatic rings. The second-order valence-electron chi connectivity index (χ2n) is 6.16. The summed E-state index contributed by atoms with van der Waals surface area (Å²) in [6, 6.07) is 18.5. The first-order chi connectivity index (χ1) is 11.7. The molecule has 0 bridgehead atoms. The number of aliphatic hydroxyl groups is 1. The summed E-state index contributed by atoms with van der Waals surface area (Å²) >= 11 is 0. The molecule has 4 nitrogen and oxygen atoms in total. The van der Waals surface area contributed by atoms with E-state index in [2.05, 4.69) is 36.4 Å². The predicted octanol–water partition coefficient (Wildman–Crippen LogP) is 4.01.